The molecular formula is C14H30N2PdS4+6. The average molecular weight is 461 g/mol. The SMILES string of the molecule is CC1CCCCN1C(=[SH+])[SH2+].CC1CCCCN1C(=[SH+])[SH2+].[Pd+2]. The second-order valence-electron chi connectivity index (χ2n) is 5.72. The van der Waals surface area contributed by atoms with E-state index in [-0.39, 0.29) is 20.4 Å². The molecule has 2 unspecified atom stereocenters. The Balaban J connectivity index is 0.000000364. The van der Waals surface area contributed by atoms with Gasteiger partial charge in [0, 0.05) is 25.2 Å². The van der Waals surface area contributed by atoms with Gasteiger partial charge in [-0.25, -0.2) is 0 Å². The van der Waals surface area contributed by atoms with Crippen LogP contribution in [0.3, 0.4) is 0 Å². The molecule has 0 aromatic heterocycles. The molecule has 2 nitrogen and oxygen atoms in total. The molecule has 2 aliphatic rings. The monoisotopic (exact) mass is 460 g/mol. The quantitative estimate of drug-likeness (QED) is 0.224. The van der Waals surface area contributed by atoms with Gasteiger partial charge in [0.2, 0.25) is 24.4 Å². The summed E-state index contributed by atoms with van der Waals surface area (Å²) in [6.07, 6.45) is 7.94. The zero-order chi connectivity index (χ0) is 15.1. The third kappa shape index (κ3) is 8.21. The topological polar surface area (TPSA) is 6.48 Å². The Bertz CT molecular complexity index is 309. The van der Waals surface area contributed by atoms with Crippen LogP contribution in [0.2, 0.25) is 0 Å². The molecule has 0 bridgehead atoms. The van der Waals surface area contributed by atoms with Gasteiger partial charge in [0.1, 0.15) is 0 Å². The molecule has 2 rings (SSSR count). The Labute approximate surface area is 165 Å². The van der Waals surface area contributed by atoms with Crippen molar-refractivity contribution in [3.05, 3.63) is 0 Å². The molecule has 0 spiro atoms. The fourth-order valence-electron chi connectivity index (χ4n) is 2.83. The number of thiol groups is 2. The van der Waals surface area contributed by atoms with Crippen molar-refractivity contribution in [2.24, 2.45) is 0 Å². The average Bonchev–Trinajstić information content (AvgIpc) is 2.40. The molecule has 0 aromatic carbocycles. The zero-order valence-corrected chi connectivity index (χ0v) is 18.3. The predicted molar refractivity (Wildman–Crippen MR) is 108 cm³/mol. The summed E-state index contributed by atoms with van der Waals surface area (Å²) in [5.74, 6) is 0. The summed E-state index contributed by atoms with van der Waals surface area (Å²) >= 11 is 15.4. The Morgan fingerprint density at radius 2 is 1.14 bits per heavy atom. The smallest absolute Gasteiger partial charge is 0.181 e. The van der Waals surface area contributed by atoms with Crippen LogP contribution in [0.15, 0.2) is 0 Å². The summed E-state index contributed by atoms with van der Waals surface area (Å²) in [7, 11) is 0. The molecule has 0 saturated carbocycles. The van der Waals surface area contributed by atoms with Gasteiger partial charge in [-0.05, 0) is 39.5 Å². The summed E-state index contributed by atoms with van der Waals surface area (Å²) in [5, 5.41) is 0. The van der Waals surface area contributed by atoms with E-state index >= 15 is 0 Å². The number of nitrogens with zero attached hydrogens (tertiary/aromatic N) is 2. The number of piperidine rings is 2. The molecule has 0 aromatic rings. The van der Waals surface area contributed by atoms with Crippen molar-refractivity contribution in [3.63, 3.8) is 0 Å². The standard InChI is InChI=1S/2C7H13NS2.Pd/c2*1-6-4-2-3-5-8(6)7(9)10;/h2*6H,2-5H2,1H3,(H,9,10);/q;;+2/p+4. The van der Waals surface area contributed by atoms with Crippen LogP contribution in [0.25, 0.3) is 0 Å². The maximum absolute atomic E-state index is 4.26. The van der Waals surface area contributed by atoms with Crippen molar-refractivity contribution in [1.82, 2.24) is 9.80 Å². The van der Waals surface area contributed by atoms with Crippen LogP contribution in [0.4, 0.5) is 0 Å². The first kappa shape index (κ1) is 22.5. The minimum atomic E-state index is 0. The number of hydrogen-bond acceptors (Lipinski definition) is 0. The largest absolute Gasteiger partial charge is 2.00 e. The molecule has 0 radical (unpaired) electrons. The fraction of sp³-hybridized carbons (Fsp3) is 0.857. The van der Waals surface area contributed by atoms with Gasteiger partial charge in [-0.15, -0.1) is 0 Å². The molecule has 2 aliphatic heterocycles. The van der Waals surface area contributed by atoms with Crippen molar-refractivity contribution in [2.45, 2.75) is 64.5 Å². The summed E-state index contributed by atoms with van der Waals surface area (Å²) < 4.78 is 1.96. The van der Waals surface area contributed by atoms with Crippen LogP contribution in [-0.2, 0) is 70.1 Å². The summed E-state index contributed by atoms with van der Waals surface area (Å²) in [4.78, 5) is 4.59. The van der Waals surface area contributed by atoms with E-state index in [2.05, 4.69) is 73.3 Å². The molecule has 0 aliphatic carbocycles. The Kier molecular flexibility index (Phi) is 12.7. The fourth-order valence-corrected chi connectivity index (χ4v) is 4.08. The first-order chi connectivity index (χ1) is 9.43. The Hall–Kier alpha value is 1.46. The van der Waals surface area contributed by atoms with Crippen molar-refractivity contribution in [3.8, 4) is 0 Å². The third-order valence-electron chi connectivity index (χ3n) is 4.15. The second kappa shape index (κ2) is 11.9. The van der Waals surface area contributed by atoms with Crippen LogP contribution in [0.1, 0.15) is 52.4 Å². The van der Waals surface area contributed by atoms with Crippen molar-refractivity contribution in [1.29, 1.82) is 0 Å². The molecule has 0 N–H and O–H groups in total. The number of rotatable bonds is 0. The molecular weight excluding hydrogens is 431 g/mol. The van der Waals surface area contributed by atoms with E-state index in [1.165, 1.54) is 38.5 Å². The summed E-state index contributed by atoms with van der Waals surface area (Å²) in [5.41, 5.74) is 0. The van der Waals surface area contributed by atoms with E-state index in [1.54, 1.807) is 0 Å². The Morgan fingerprint density at radius 1 is 0.810 bits per heavy atom. The molecule has 124 valence electrons. The van der Waals surface area contributed by atoms with Gasteiger partial charge in [0.25, 0.3) is 0 Å². The molecule has 2 fully saturated rings. The number of hydrogen-bond donors (Lipinski definition) is 0. The molecule has 7 heteroatoms. The van der Waals surface area contributed by atoms with Crippen LogP contribution >= 0.6 is 0 Å². The van der Waals surface area contributed by atoms with Gasteiger partial charge in [-0.2, -0.15) is 9.80 Å². The van der Waals surface area contributed by atoms with E-state index in [4.69, 9.17) is 0 Å². The van der Waals surface area contributed by atoms with E-state index in [1.807, 2.05) is 0 Å². The van der Waals surface area contributed by atoms with Gasteiger partial charge in [-0.3, -0.25) is 0 Å². The first-order valence-corrected chi connectivity index (χ1v) is 9.41. The minimum Gasteiger partial charge on any atom is -0.181 e. The van der Waals surface area contributed by atoms with Crippen molar-refractivity contribution in [2.75, 3.05) is 13.1 Å². The maximum atomic E-state index is 4.26. The van der Waals surface area contributed by atoms with Gasteiger partial charge < -0.3 is 0 Å². The summed E-state index contributed by atoms with van der Waals surface area (Å²) in [6, 6.07) is 1.33. The molecule has 0 amide bonds. The van der Waals surface area contributed by atoms with E-state index < -0.39 is 0 Å². The van der Waals surface area contributed by atoms with Gasteiger partial charge in [0.05, 0.1) is 25.3 Å². The minimum absolute atomic E-state index is 0. The van der Waals surface area contributed by atoms with E-state index in [0.29, 0.717) is 12.1 Å². The Morgan fingerprint density at radius 3 is 1.33 bits per heavy atom. The molecule has 21 heavy (non-hydrogen) atoms. The van der Waals surface area contributed by atoms with E-state index in [9.17, 15) is 0 Å². The van der Waals surface area contributed by atoms with Crippen molar-refractivity contribution < 1.29 is 20.4 Å². The third-order valence-corrected chi connectivity index (χ3v) is 5.24. The van der Waals surface area contributed by atoms with Crippen molar-refractivity contribution >= 4 is 58.3 Å². The van der Waals surface area contributed by atoms with E-state index in [0.717, 1.165) is 21.7 Å². The maximum Gasteiger partial charge on any atom is 2.00 e. The molecule has 2 heterocycles. The number of likely N-dealkylation sites (tertiary alicyclic amines) is 2. The second-order valence-corrected chi connectivity index (χ2v) is 8.36. The summed E-state index contributed by atoms with van der Waals surface area (Å²) in [6.45, 7) is 6.80. The van der Waals surface area contributed by atoms with Crippen LogP contribution in [0.5, 0.6) is 0 Å². The first-order valence-electron chi connectivity index (χ1n) is 7.51. The normalized spacial score (nSPS) is 27.0. The predicted octanol–water partition coefficient (Wildman–Crippen LogP) is 0.475. The van der Waals surface area contributed by atoms with Gasteiger partial charge >= 0.3 is 29.1 Å². The molecule has 2 atom stereocenters. The molecule has 2 saturated heterocycles. The van der Waals surface area contributed by atoms with Gasteiger partial charge in [-0.1, -0.05) is 12.8 Å². The van der Waals surface area contributed by atoms with Crippen LogP contribution in [0, 0.1) is 0 Å². The zero-order valence-electron chi connectivity index (χ0n) is 12.9. The van der Waals surface area contributed by atoms with Gasteiger partial charge in [0.15, 0.2) is 0 Å². The van der Waals surface area contributed by atoms with Crippen LogP contribution in [-0.4, -0.2) is 43.6 Å². The van der Waals surface area contributed by atoms with Crippen LogP contribution < -0.4 is 0 Å².